The Morgan fingerprint density at radius 3 is 2.55 bits per heavy atom. The molecule has 0 fully saturated rings. The summed E-state index contributed by atoms with van der Waals surface area (Å²) in [6.07, 6.45) is 1.86. The van der Waals surface area contributed by atoms with Gasteiger partial charge in [-0.1, -0.05) is 41.6 Å². The largest absolute Gasteiger partial charge is 0.300 e. The van der Waals surface area contributed by atoms with Crippen molar-refractivity contribution in [3.8, 4) is 11.8 Å². The topological polar surface area (TPSA) is 46.2 Å². The molecule has 0 amide bonds. The summed E-state index contributed by atoms with van der Waals surface area (Å²) < 4.78 is 41.7. The smallest absolute Gasteiger partial charge is 0.205 e. The third kappa shape index (κ3) is 4.74. The van der Waals surface area contributed by atoms with Crippen LogP contribution < -0.4 is 4.72 Å². The van der Waals surface area contributed by atoms with Crippen LogP contribution in [0.25, 0.3) is 6.08 Å². The highest BCUT2D eigenvalue weighted by Crippen LogP contribution is 2.30. The second-order valence-electron chi connectivity index (χ2n) is 6.75. The minimum Gasteiger partial charge on any atom is -0.300 e. The summed E-state index contributed by atoms with van der Waals surface area (Å²) in [4.78, 5) is 13.0. The maximum absolute atomic E-state index is 13.4. The van der Waals surface area contributed by atoms with Gasteiger partial charge in [-0.3, -0.25) is 4.79 Å². The quantitative estimate of drug-likeness (QED) is 0.410. The first-order valence-electron chi connectivity index (χ1n) is 9.18. The second kappa shape index (κ2) is 8.84. The van der Waals surface area contributed by atoms with Crippen molar-refractivity contribution in [3.05, 3.63) is 104 Å². The Labute approximate surface area is 185 Å². The van der Waals surface area contributed by atoms with E-state index in [4.69, 9.17) is 11.6 Å². The number of allylic oxidation sites excluding steroid dienone is 1. The number of fused-ring (bicyclic) bond motifs is 1. The summed E-state index contributed by atoms with van der Waals surface area (Å²) in [7, 11) is -1.76. The van der Waals surface area contributed by atoms with Gasteiger partial charge in [-0.15, -0.1) is 0 Å². The van der Waals surface area contributed by atoms with Crippen molar-refractivity contribution < 1.29 is 17.8 Å². The number of carbonyl (C=O) groups is 1. The lowest BCUT2D eigenvalue weighted by atomic mass is 10.0. The molecule has 0 aromatic heterocycles. The molecule has 1 N–H and O–H groups in total. The third-order valence-electron chi connectivity index (χ3n) is 4.57. The average Bonchev–Trinajstić information content (AvgIpc) is 2.75. The highest BCUT2D eigenvalue weighted by molar-refractivity contribution is 7.91. The Balaban J connectivity index is 1.60. The monoisotopic (exact) mass is 453 g/mol. The van der Waals surface area contributed by atoms with Crippen LogP contribution in [-0.2, 0) is 17.4 Å². The number of anilines is 1. The molecule has 0 radical (unpaired) electrons. The number of carbonyl (C=O) groups excluding carboxylic acids is 1. The van der Waals surface area contributed by atoms with Gasteiger partial charge in [0.1, 0.15) is 16.5 Å². The van der Waals surface area contributed by atoms with Crippen LogP contribution in [0.2, 0.25) is 5.02 Å². The molecule has 4 rings (SSSR count). The molecular weight excluding hydrogens is 440 g/mol. The summed E-state index contributed by atoms with van der Waals surface area (Å²) in [5.74, 6) is 4.70. The summed E-state index contributed by atoms with van der Waals surface area (Å²) in [5, 5.41) is -0.0875. The van der Waals surface area contributed by atoms with E-state index in [0.29, 0.717) is 28.8 Å². The van der Waals surface area contributed by atoms with E-state index in [1.54, 1.807) is 30.3 Å². The van der Waals surface area contributed by atoms with E-state index in [9.17, 15) is 17.8 Å². The van der Waals surface area contributed by atoms with Gasteiger partial charge in [0.15, 0.2) is 11.0 Å². The second-order valence-corrected chi connectivity index (χ2v) is 8.34. The van der Waals surface area contributed by atoms with Gasteiger partial charge in [0, 0.05) is 17.5 Å². The Morgan fingerprint density at radius 2 is 1.81 bits per heavy atom. The molecule has 3 aromatic rings. The standard InChI is InChI=1S/C24H14ClF2NO2S/c25-20-13-17(6-10-21(20)27)14-23-24(29)19-12-16(7-11-22(19)28-31(23)30)3-1-2-15-4-8-18(26)9-5-15/h4-14,28H,2H2. The molecule has 0 aliphatic carbocycles. The molecule has 0 bridgehead atoms. The Hall–Kier alpha value is -3.27. The predicted molar refractivity (Wildman–Crippen MR) is 119 cm³/mol. The molecule has 1 unspecified atom stereocenters. The van der Waals surface area contributed by atoms with E-state index in [1.807, 2.05) is 0 Å². The number of nitrogens with one attached hydrogen (secondary N) is 1. The minimum absolute atomic E-state index is 0.0339. The van der Waals surface area contributed by atoms with Crippen molar-refractivity contribution in [3.63, 3.8) is 0 Å². The van der Waals surface area contributed by atoms with Crippen molar-refractivity contribution >= 4 is 40.1 Å². The maximum Gasteiger partial charge on any atom is 0.205 e. The van der Waals surface area contributed by atoms with Gasteiger partial charge in [-0.05, 0) is 59.7 Å². The number of ketones is 1. The van der Waals surface area contributed by atoms with Gasteiger partial charge in [0.05, 0.1) is 10.7 Å². The SMILES string of the molecule is O=C1C(=Cc2ccc(F)c(Cl)c2)S(=O)Nc2ccc(C#CCc3ccc(F)cc3)cc21. The Bertz CT molecular complexity index is 1310. The first-order chi connectivity index (χ1) is 14.9. The molecule has 0 saturated heterocycles. The summed E-state index contributed by atoms with van der Waals surface area (Å²) >= 11 is 5.79. The van der Waals surface area contributed by atoms with Crippen LogP contribution in [0.1, 0.15) is 27.0 Å². The van der Waals surface area contributed by atoms with Crippen LogP contribution in [0.15, 0.2) is 65.6 Å². The van der Waals surface area contributed by atoms with E-state index in [2.05, 4.69) is 16.6 Å². The maximum atomic E-state index is 13.4. The molecule has 154 valence electrons. The fourth-order valence-electron chi connectivity index (χ4n) is 2.99. The number of halogens is 3. The fourth-order valence-corrected chi connectivity index (χ4v) is 4.19. The van der Waals surface area contributed by atoms with E-state index >= 15 is 0 Å². The lowest BCUT2D eigenvalue weighted by Crippen LogP contribution is -2.22. The van der Waals surface area contributed by atoms with Gasteiger partial charge < -0.3 is 4.72 Å². The van der Waals surface area contributed by atoms with Gasteiger partial charge in [-0.2, -0.15) is 0 Å². The van der Waals surface area contributed by atoms with E-state index in [0.717, 1.165) is 5.56 Å². The first-order valence-corrected chi connectivity index (χ1v) is 10.7. The van der Waals surface area contributed by atoms with Gasteiger partial charge in [0.2, 0.25) is 5.78 Å². The number of hydrogen-bond acceptors (Lipinski definition) is 2. The number of rotatable bonds is 2. The summed E-state index contributed by atoms with van der Waals surface area (Å²) in [5.41, 5.74) is 2.74. The summed E-state index contributed by atoms with van der Waals surface area (Å²) in [6, 6.07) is 15.1. The van der Waals surface area contributed by atoms with Crippen LogP contribution in [-0.4, -0.2) is 9.99 Å². The minimum atomic E-state index is -1.76. The predicted octanol–water partition coefficient (Wildman–Crippen LogP) is 5.53. The average molecular weight is 454 g/mol. The molecule has 1 aliphatic rings. The van der Waals surface area contributed by atoms with Crippen LogP contribution in [0, 0.1) is 23.5 Å². The number of hydrogen-bond donors (Lipinski definition) is 1. The van der Waals surface area contributed by atoms with Gasteiger partial charge in [0.25, 0.3) is 0 Å². The molecule has 0 spiro atoms. The Kier molecular flexibility index (Phi) is 5.99. The molecule has 1 heterocycles. The van der Waals surface area contributed by atoms with Crippen molar-refractivity contribution in [1.29, 1.82) is 0 Å². The van der Waals surface area contributed by atoms with E-state index in [1.165, 1.54) is 36.4 Å². The zero-order chi connectivity index (χ0) is 22.0. The van der Waals surface area contributed by atoms with Crippen molar-refractivity contribution in [2.24, 2.45) is 0 Å². The fraction of sp³-hybridized carbons (Fsp3) is 0.0417. The van der Waals surface area contributed by atoms with E-state index < -0.39 is 22.6 Å². The molecule has 3 nitrogen and oxygen atoms in total. The van der Waals surface area contributed by atoms with E-state index in [-0.39, 0.29) is 15.7 Å². The number of Topliss-reactive ketones (excluding diaryl/α,β-unsaturated/α-hetero) is 1. The van der Waals surface area contributed by atoms with Crippen LogP contribution >= 0.6 is 11.6 Å². The molecule has 1 atom stereocenters. The van der Waals surface area contributed by atoms with Crippen molar-refractivity contribution in [2.45, 2.75) is 6.42 Å². The van der Waals surface area contributed by atoms with Crippen molar-refractivity contribution in [2.75, 3.05) is 4.72 Å². The van der Waals surface area contributed by atoms with Crippen LogP contribution in [0.4, 0.5) is 14.5 Å². The highest BCUT2D eigenvalue weighted by Gasteiger charge is 2.27. The number of benzene rings is 3. The van der Waals surface area contributed by atoms with Crippen LogP contribution in [0.5, 0.6) is 0 Å². The molecular formula is C24H14ClF2NO2S. The lowest BCUT2D eigenvalue weighted by Gasteiger charge is -2.19. The van der Waals surface area contributed by atoms with Gasteiger partial charge >= 0.3 is 0 Å². The van der Waals surface area contributed by atoms with Crippen molar-refractivity contribution in [1.82, 2.24) is 0 Å². The zero-order valence-electron chi connectivity index (χ0n) is 15.9. The highest BCUT2D eigenvalue weighted by atomic mass is 35.5. The Morgan fingerprint density at radius 1 is 1.03 bits per heavy atom. The molecule has 3 aromatic carbocycles. The normalized spacial score (nSPS) is 16.3. The zero-order valence-corrected chi connectivity index (χ0v) is 17.5. The molecule has 1 aliphatic heterocycles. The lowest BCUT2D eigenvalue weighted by molar-refractivity contribution is 0.104. The third-order valence-corrected chi connectivity index (χ3v) is 5.97. The molecule has 0 saturated carbocycles. The first kappa shape index (κ1) is 21.0. The molecule has 31 heavy (non-hydrogen) atoms. The molecule has 7 heteroatoms. The van der Waals surface area contributed by atoms with Crippen LogP contribution in [0.3, 0.4) is 0 Å². The van der Waals surface area contributed by atoms with Gasteiger partial charge in [-0.25, -0.2) is 13.0 Å². The summed E-state index contributed by atoms with van der Waals surface area (Å²) in [6.45, 7) is 0.